The molecule has 3 rings (SSSR count). The highest BCUT2D eigenvalue weighted by Crippen LogP contribution is 2.36. The Hall–Kier alpha value is -2.13. The molecule has 1 aromatic heterocycles. The monoisotopic (exact) mass is 283 g/mol. The molecule has 21 heavy (non-hydrogen) atoms. The van der Waals surface area contributed by atoms with Gasteiger partial charge in [0.25, 0.3) is 0 Å². The molecule has 3 aromatic rings. The largest absolute Gasteiger partial charge is 0.390 e. The molecule has 0 fully saturated rings. The molecule has 0 radical (unpaired) electrons. The molecule has 0 amide bonds. The first-order chi connectivity index (χ1) is 10.1. The van der Waals surface area contributed by atoms with Gasteiger partial charge in [-0.3, -0.25) is 0 Å². The zero-order valence-electron chi connectivity index (χ0n) is 12.2. The highest BCUT2D eigenvalue weighted by atomic mass is 19.1. The third-order valence-electron chi connectivity index (χ3n) is 3.81. The number of hydrogen-bond donors (Lipinski definition) is 1. The van der Waals surface area contributed by atoms with E-state index in [9.17, 15) is 9.50 Å². The van der Waals surface area contributed by atoms with E-state index in [0.29, 0.717) is 0 Å². The fourth-order valence-corrected chi connectivity index (χ4v) is 3.00. The SMILES string of the molecule is CC(C)n1c(CO)c(-c2ccc(F)cc2)c2ccccc21. The molecule has 0 aliphatic rings. The Morgan fingerprint density at radius 2 is 1.71 bits per heavy atom. The first-order valence-electron chi connectivity index (χ1n) is 7.12. The molecule has 2 aromatic carbocycles. The summed E-state index contributed by atoms with van der Waals surface area (Å²) in [6.45, 7) is 4.15. The van der Waals surface area contributed by atoms with Gasteiger partial charge in [-0.15, -0.1) is 0 Å². The smallest absolute Gasteiger partial charge is 0.123 e. The average Bonchev–Trinajstić information content (AvgIpc) is 2.82. The van der Waals surface area contributed by atoms with Crippen molar-refractivity contribution >= 4 is 10.9 Å². The average molecular weight is 283 g/mol. The fraction of sp³-hybridized carbons (Fsp3) is 0.222. The third kappa shape index (κ3) is 2.24. The highest BCUT2D eigenvalue weighted by Gasteiger charge is 2.19. The number of benzene rings is 2. The zero-order valence-corrected chi connectivity index (χ0v) is 12.2. The van der Waals surface area contributed by atoms with Gasteiger partial charge in [-0.05, 0) is 37.6 Å². The van der Waals surface area contributed by atoms with Crippen molar-refractivity contribution in [2.45, 2.75) is 26.5 Å². The van der Waals surface area contributed by atoms with Crippen LogP contribution in [0.25, 0.3) is 22.0 Å². The van der Waals surface area contributed by atoms with E-state index in [2.05, 4.69) is 24.5 Å². The lowest BCUT2D eigenvalue weighted by Gasteiger charge is -2.14. The molecule has 0 saturated heterocycles. The summed E-state index contributed by atoms with van der Waals surface area (Å²) >= 11 is 0. The Kier molecular flexibility index (Phi) is 3.52. The molecule has 0 atom stereocenters. The van der Waals surface area contributed by atoms with Gasteiger partial charge in [-0.25, -0.2) is 4.39 Å². The van der Waals surface area contributed by atoms with Crippen LogP contribution in [0, 0.1) is 5.82 Å². The zero-order chi connectivity index (χ0) is 15.0. The summed E-state index contributed by atoms with van der Waals surface area (Å²) in [5, 5.41) is 11.0. The Morgan fingerprint density at radius 3 is 2.33 bits per heavy atom. The van der Waals surface area contributed by atoms with E-state index in [1.165, 1.54) is 12.1 Å². The molecule has 3 heteroatoms. The number of nitrogens with zero attached hydrogens (tertiary/aromatic N) is 1. The van der Waals surface area contributed by atoms with E-state index >= 15 is 0 Å². The van der Waals surface area contributed by atoms with Gasteiger partial charge in [0.15, 0.2) is 0 Å². The van der Waals surface area contributed by atoms with Crippen molar-refractivity contribution in [3.63, 3.8) is 0 Å². The van der Waals surface area contributed by atoms with Crippen molar-refractivity contribution in [1.82, 2.24) is 4.57 Å². The molecule has 108 valence electrons. The summed E-state index contributed by atoms with van der Waals surface area (Å²) in [7, 11) is 0. The lowest BCUT2D eigenvalue weighted by molar-refractivity contribution is 0.269. The first kappa shape index (κ1) is 13.8. The predicted octanol–water partition coefficient (Wildman–Crippen LogP) is 4.52. The fourth-order valence-electron chi connectivity index (χ4n) is 3.00. The van der Waals surface area contributed by atoms with Crippen molar-refractivity contribution in [2.24, 2.45) is 0 Å². The van der Waals surface area contributed by atoms with Gasteiger partial charge in [-0.1, -0.05) is 30.3 Å². The van der Waals surface area contributed by atoms with Gasteiger partial charge in [0.2, 0.25) is 0 Å². The van der Waals surface area contributed by atoms with E-state index in [1.807, 2.05) is 18.2 Å². The van der Waals surface area contributed by atoms with Crippen LogP contribution in [0.15, 0.2) is 48.5 Å². The van der Waals surface area contributed by atoms with E-state index in [4.69, 9.17) is 0 Å². The Balaban J connectivity index is 2.38. The summed E-state index contributed by atoms with van der Waals surface area (Å²) < 4.78 is 15.3. The predicted molar refractivity (Wildman–Crippen MR) is 83.6 cm³/mol. The quantitative estimate of drug-likeness (QED) is 0.751. The van der Waals surface area contributed by atoms with Crippen molar-refractivity contribution in [3.05, 3.63) is 60.0 Å². The minimum Gasteiger partial charge on any atom is -0.390 e. The third-order valence-corrected chi connectivity index (χ3v) is 3.81. The molecule has 0 aliphatic heterocycles. The van der Waals surface area contributed by atoms with Crippen molar-refractivity contribution < 1.29 is 9.50 Å². The second-order valence-electron chi connectivity index (χ2n) is 5.47. The number of aromatic nitrogens is 1. The van der Waals surface area contributed by atoms with Crippen LogP contribution in [0.3, 0.4) is 0 Å². The van der Waals surface area contributed by atoms with Crippen molar-refractivity contribution in [3.8, 4) is 11.1 Å². The Morgan fingerprint density at radius 1 is 1.05 bits per heavy atom. The molecule has 0 unspecified atom stereocenters. The maximum Gasteiger partial charge on any atom is 0.123 e. The van der Waals surface area contributed by atoms with E-state index < -0.39 is 0 Å². The summed E-state index contributed by atoms with van der Waals surface area (Å²) in [5.41, 5.74) is 3.88. The van der Waals surface area contributed by atoms with Crippen LogP contribution < -0.4 is 0 Å². The van der Waals surface area contributed by atoms with Gasteiger partial charge in [0.1, 0.15) is 5.82 Å². The standard InChI is InChI=1S/C18H18FNO/c1-12(2)20-16-6-4-3-5-15(16)18(17(20)11-21)13-7-9-14(19)10-8-13/h3-10,12,21H,11H2,1-2H3. The van der Waals surface area contributed by atoms with Gasteiger partial charge < -0.3 is 9.67 Å². The van der Waals surface area contributed by atoms with Gasteiger partial charge in [-0.2, -0.15) is 0 Å². The first-order valence-corrected chi connectivity index (χ1v) is 7.12. The van der Waals surface area contributed by atoms with E-state index in [-0.39, 0.29) is 18.5 Å². The van der Waals surface area contributed by atoms with Crippen LogP contribution in [0.4, 0.5) is 4.39 Å². The summed E-state index contributed by atoms with van der Waals surface area (Å²) in [5.74, 6) is -0.253. The number of para-hydroxylation sites is 1. The van der Waals surface area contributed by atoms with Crippen molar-refractivity contribution in [2.75, 3.05) is 0 Å². The lowest BCUT2D eigenvalue weighted by Crippen LogP contribution is -2.05. The second kappa shape index (κ2) is 5.34. The van der Waals surface area contributed by atoms with Crippen LogP contribution in [0.2, 0.25) is 0 Å². The van der Waals surface area contributed by atoms with Crippen LogP contribution >= 0.6 is 0 Å². The molecule has 0 spiro atoms. The minimum absolute atomic E-state index is 0.0421. The topological polar surface area (TPSA) is 25.2 Å². The highest BCUT2D eigenvalue weighted by molar-refractivity contribution is 5.98. The normalized spacial score (nSPS) is 11.5. The van der Waals surface area contributed by atoms with Crippen molar-refractivity contribution in [1.29, 1.82) is 0 Å². The maximum atomic E-state index is 13.2. The van der Waals surface area contributed by atoms with Gasteiger partial charge in [0, 0.05) is 22.5 Å². The second-order valence-corrected chi connectivity index (χ2v) is 5.47. The summed E-state index contributed by atoms with van der Waals surface area (Å²) in [6.07, 6.45) is 0. The van der Waals surface area contributed by atoms with Crippen LogP contribution in [0.1, 0.15) is 25.6 Å². The molecule has 0 bridgehead atoms. The number of fused-ring (bicyclic) bond motifs is 1. The molecule has 2 nitrogen and oxygen atoms in total. The van der Waals surface area contributed by atoms with E-state index in [0.717, 1.165) is 27.7 Å². The van der Waals surface area contributed by atoms with Crippen LogP contribution in [0.5, 0.6) is 0 Å². The lowest BCUT2D eigenvalue weighted by atomic mass is 10.0. The van der Waals surface area contributed by atoms with Gasteiger partial charge in [0.05, 0.1) is 12.3 Å². The minimum atomic E-state index is -0.253. The number of hydrogen-bond acceptors (Lipinski definition) is 1. The summed E-state index contributed by atoms with van der Waals surface area (Å²) in [4.78, 5) is 0. The number of aliphatic hydroxyl groups excluding tert-OH is 1. The molecule has 1 N–H and O–H groups in total. The molecular weight excluding hydrogens is 265 g/mol. The molecule has 0 saturated carbocycles. The Labute approximate surface area is 123 Å². The Bertz CT molecular complexity index is 772. The molecular formula is C18H18FNO. The van der Waals surface area contributed by atoms with E-state index in [1.54, 1.807) is 12.1 Å². The van der Waals surface area contributed by atoms with Crippen LogP contribution in [-0.4, -0.2) is 9.67 Å². The van der Waals surface area contributed by atoms with Gasteiger partial charge >= 0.3 is 0 Å². The van der Waals surface area contributed by atoms with Crippen LogP contribution in [-0.2, 0) is 6.61 Å². The number of rotatable bonds is 3. The molecule has 1 heterocycles. The maximum absolute atomic E-state index is 13.2. The summed E-state index contributed by atoms with van der Waals surface area (Å²) in [6, 6.07) is 14.8. The molecule has 0 aliphatic carbocycles. The number of halogens is 1. The number of aliphatic hydroxyl groups is 1.